The number of pyridine rings is 1. The molecular weight excluding hydrogens is 511 g/mol. The highest BCUT2D eigenvalue weighted by Gasteiger charge is 2.28. The fraction of sp³-hybridized carbons (Fsp3) is 0.333. The van der Waals surface area contributed by atoms with Gasteiger partial charge in [-0.2, -0.15) is 0 Å². The van der Waals surface area contributed by atoms with E-state index in [0.717, 1.165) is 18.4 Å². The van der Waals surface area contributed by atoms with Crippen molar-refractivity contribution in [2.24, 2.45) is 0 Å². The SMILES string of the molecule is Cc1ccc2c(N)c(F)ccc2c1Oc1ncccc1-c1ccnc(N[C@H]2CCCN(C(=O)OC(C)(C)C)C2)n1. The van der Waals surface area contributed by atoms with Crippen molar-refractivity contribution in [2.45, 2.75) is 52.2 Å². The number of amides is 1. The number of nitrogens with two attached hydrogens (primary N) is 1. The van der Waals surface area contributed by atoms with Gasteiger partial charge in [0, 0.05) is 42.3 Å². The molecule has 5 rings (SSSR count). The first-order valence-electron chi connectivity index (χ1n) is 13.3. The number of aromatic nitrogens is 3. The summed E-state index contributed by atoms with van der Waals surface area (Å²) in [5.41, 5.74) is 7.65. The predicted octanol–water partition coefficient (Wildman–Crippen LogP) is 6.33. The zero-order chi connectivity index (χ0) is 28.4. The highest BCUT2D eigenvalue weighted by atomic mass is 19.1. The monoisotopic (exact) mass is 544 g/mol. The lowest BCUT2D eigenvalue weighted by atomic mass is 10.0. The van der Waals surface area contributed by atoms with Crippen molar-refractivity contribution in [1.82, 2.24) is 19.9 Å². The van der Waals surface area contributed by atoms with Crippen LogP contribution in [0.3, 0.4) is 0 Å². The highest BCUT2D eigenvalue weighted by molar-refractivity contribution is 5.98. The molecule has 208 valence electrons. The molecule has 10 heteroatoms. The number of hydrogen-bond acceptors (Lipinski definition) is 8. The van der Waals surface area contributed by atoms with Crippen molar-refractivity contribution in [3.8, 4) is 22.9 Å². The Balaban J connectivity index is 1.39. The normalized spacial score (nSPS) is 15.6. The third-order valence-electron chi connectivity index (χ3n) is 6.64. The van der Waals surface area contributed by atoms with E-state index in [9.17, 15) is 9.18 Å². The minimum Gasteiger partial charge on any atom is -0.444 e. The number of aryl methyl sites for hydroxylation is 1. The molecule has 1 atom stereocenters. The summed E-state index contributed by atoms with van der Waals surface area (Å²) in [6.07, 6.45) is 4.71. The van der Waals surface area contributed by atoms with Crippen LogP contribution in [0.4, 0.5) is 20.8 Å². The van der Waals surface area contributed by atoms with E-state index in [1.165, 1.54) is 6.07 Å². The molecule has 2 aromatic carbocycles. The van der Waals surface area contributed by atoms with E-state index in [4.69, 9.17) is 20.2 Å². The lowest BCUT2D eigenvalue weighted by Gasteiger charge is -2.34. The second kappa shape index (κ2) is 11.0. The van der Waals surface area contributed by atoms with E-state index in [0.29, 0.717) is 52.7 Å². The van der Waals surface area contributed by atoms with E-state index in [2.05, 4.69) is 15.3 Å². The van der Waals surface area contributed by atoms with Gasteiger partial charge >= 0.3 is 6.09 Å². The van der Waals surface area contributed by atoms with Gasteiger partial charge in [0.1, 0.15) is 17.2 Å². The summed E-state index contributed by atoms with van der Waals surface area (Å²) in [6, 6.07) is 12.1. The van der Waals surface area contributed by atoms with Gasteiger partial charge in [0.25, 0.3) is 0 Å². The number of benzene rings is 2. The Hall–Kier alpha value is -4.47. The number of carbonyl (C=O) groups excluding carboxylic acids is 1. The lowest BCUT2D eigenvalue weighted by Crippen LogP contribution is -2.47. The molecule has 0 spiro atoms. The molecule has 40 heavy (non-hydrogen) atoms. The first kappa shape index (κ1) is 27.1. The van der Waals surface area contributed by atoms with Gasteiger partial charge in [-0.05, 0) is 76.4 Å². The van der Waals surface area contributed by atoms with Crippen molar-refractivity contribution in [1.29, 1.82) is 0 Å². The minimum atomic E-state index is -0.550. The number of ether oxygens (including phenoxy) is 2. The van der Waals surface area contributed by atoms with Gasteiger partial charge in [0.05, 0.1) is 16.9 Å². The van der Waals surface area contributed by atoms with Crippen LogP contribution in [0.25, 0.3) is 22.0 Å². The number of hydrogen-bond donors (Lipinski definition) is 2. The summed E-state index contributed by atoms with van der Waals surface area (Å²) < 4.78 is 26.0. The molecule has 1 aliphatic rings. The maximum Gasteiger partial charge on any atom is 0.410 e. The third kappa shape index (κ3) is 5.90. The summed E-state index contributed by atoms with van der Waals surface area (Å²) in [5.74, 6) is 0.849. The summed E-state index contributed by atoms with van der Waals surface area (Å²) >= 11 is 0. The number of rotatable bonds is 5. The van der Waals surface area contributed by atoms with Gasteiger partial charge in [0.2, 0.25) is 11.8 Å². The van der Waals surface area contributed by atoms with Crippen LogP contribution in [-0.4, -0.2) is 50.7 Å². The van der Waals surface area contributed by atoms with Crippen LogP contribution in [0.15, 0.2) is 54.9 Å². The fourth-order valence-electron chi connectivity index (χ4n) is 4.73. The van der Waals surface area contributed by atoms with Crippen LogP contribution in [0.1, 0.15) is 39.2 Å². The Kier molecular flexibility index (Phi) is 7.42. The molecule has 3 N–H and O–H groups in total. The summed E-state index contributed by atoms with van der Waals surface area (Å²) in [7, 11) is 0. The van der Waals surface area contributed by atoms with Gasteiger partial charge in [-0.3, -0.25) is 0 Å². The molecule has 0 saturated carbocycles. The largest absolute Gasteiger partial charge is 0.444 e. The first-order valence-corrected chi connectivity index (χ1v) is 13.3. The van der Waals surface area contributed by atoms with Crippen LogP contribution in [0.2, 0.25) is 0 Å². The molecule has 1 aliphatic heterocycles. The van der Waals surface area contributed by atoms with E-state index in [1.807, 2.05) is 39.8 Å². The molecule has 0 unspecified atom stereocenters. The molecule has 1 amide bonds. The number of fused-ring (bicyclic) bond motifs is 1. The zero-order valence-electron chi connectivity index (χ0n) is 23.1. The van der Waals surface area contributed by atoms with E-state index in [1.54, 1.807) is 41.6 Å². The predicted molar refractivity (Wildman–Crippen MR) is 153 cm³/mol. The van der Waals surface area contributed by atoms with Gasteiger partial charge in [0.15, 0.2) is 0 Å². The number of nitrogens with zero attached hydrogens (tertiary/aromatic N) is 4. The molecule has 4 aromatic rings. The summed E-state index contributed by atoms with van der Waals surface area (Å²) in [5, 5.41) is 4.63. The van der Waals surface area contributed by atoms with Gasteiger partial charge in [-0.1, -0.05) is 12.1 Å². The van der Waals surface area contributed by atoms with Crippen LogP contribution < -0.4 is 15.8 Å². The van der Waals surface area contributed by atoms with Crippen LogP contribution in [0.5, 0.6) is 11.6 Å². The third-order valence-corrected chi connectivity index (χ3v) is 6.64. The Bertz CT molecular complexity index is 1550. The molecule has 0 aliphatic carbocycles. The van der Waals surface area contributed by atoms with Gasteiger partial charge < -0.3 is 25.4 Å². The van der Waals surface area contributed by atoms with Crippen LogP contribution in [0, 0.1) is 12.7 Å². The second-order valence-corrected chi connectivity index (χ2v) is 10.9. The van der Waals surface area contributed by atoms with E-state index in [-0.39, 0.29) is 17.8 Å². The van der Waals surface area contributed by atoms with E-state index < -0.39 is 11.4 Å². The Morgan fingerprint density at radius 1 is 1.10 bits per heavy atom. The Morgan fingerprint density at radius 3 is 2.70 bits per heavy atom. The van der Waals surface area contributed by atoms with Crippen LogP contribution in [-0.2, 0) is 4.74 Å². The number of likely N-dealkylation sites (tertiary alicyclic amines) is 1. The number of nitrogen functional groups attached to an aromatic ring is 1. The molecule has 3 heterocycles. The van der Waals surface area contributed by atoms with Crippen molar-refractivity contribution in [3.05, 3.63) is 66.2 Å². The van der Waals surface area contributed by atoms with Crippen molar-refractivity contribution in [3.63, 3.8) is 0 Å². The number of carbonyl (C=O) groups is 1. The topological polar surface area (TPSA) is 115 Å². The maximum atomic E-state index is 14.1. The zero-order valence-corrected chi connectivity index (χ0v) is 23.1. The van der Waals surface area contributed by atoms with Crippen molar-refractivity contribution >= 4 is 28.5 Å². The summed E-state index contributed by atoms with van der Waals surface area (Å²) in [6.45, 7) is 8.63. The molecule has 1 fully saturated rings. The number of anilines is 2. The van der Waals surface area contributed by atoms with Gasteiger partial charge in [-0.15, -0.1) is 0 Å². The summed E-state index contributed by atoms with van der Waals surface area (Å²) in [4.78, 5) is 27.9. The molecular formula is C30H33FN6O3. The average Bonchev–Trinajstić information content (AvgIpc) is 2.92. The van der Waals surface area contributed by atoms with Crippen molar-refractivity contribution in [2.75, 3.05) is 24.1 Å². The smallest absolute Gasteiger partial charge is 0.410 e. The first-order chi connectivity index (χ1) is 19.1. The number of nitrogens with one attached hydrogen (secondary N) is 1. The average molecular weight is 545 g/mol. The second-order valence-electron chi connectivity index (χ2n) is 10.9. The standard InChI is InChI=1S/C30H33FN6O3/c1-18-9-10-20-21(11-12-23(31)25(20)32)26(18)39-27-22(8-5-14-33-27)24-13-15-34-28(36-24)35-19-7-6-16-37(17-19)29(38)40-30(2,3)4/h5,8-15,19H,6-7,16-17,32H2,1-4H3,(H,34,35,36)/t19-/m0/s1. The van der Waals surface area contributed by atoms with E-state index >= 15 is 0 Å². The molecule has 2 aromatic heterocycles. The van der Waals surface area contributed by atoms with Crippen LogP contribution >= 0.6 is 0 Å². The Morgan fingerprint density at radius 2 is 1.90 bits per heavy atom. The number of halogens is 1. The minimum absolute atomic E-state index is 0.0228. The Labute approximate surface area is 232 Å². The lowest BCUT2D eigenvalue weighted by molar-refractivity contribution is 0.0206. The molecule has 0 bridgehead atoms. The molecule has 0 radical (unpaired) electrons. The fourth-order valence-corrected chi connectivity index (χ4v) is 4.73. The number of piperidine rings is 1. The maximum absolute atomic E-state index is 14.1. The quantitative estimate of drug-likeness (QED) is 0.280. The van der Waals surface area contributed by atoms with Crippen molar-refractivity contribution < 1.29 is 18.7 Å². The molecule has 1 saturated heterocycles. The molecule has 9 nitrogen and oxygen atoms in total. The van der Waals surface area contributed by atoms with Gasteiger partial charge in [-0.25, -0.2) is 24.1 Å². The highest BCUT2D eigenvalue weighted by Crippen LogP contribution is 2.38.